The first-order valence-corrected chi connectivity index (χ1v) is 7.83. The van der Waals surface area contributed by atoms with Crippen LogP contribution in [0.15, 0.2) is 34.9 Å². The smallest absolute Gasteiger partial charge is 0.350 e. The zero-order chi connectivity index (χ0) is 17.4. The van der Waals surface area contributed by atoms with Crippen molar-refractivity contribution in [2.24, 2.45) is 5.14 Å². The van der Waals surface area contributed by atoms with Crippen LogP contribution in [0.3, 0.4) is 0 Å². The van der Waals surface area contributed by atoms with Gasteiger partial charge in [0.1, 0.15) is 5.75 Å². The Morgan fingerprint density at radius 3 is 2.30 bits per heavy atom. The van der Waals surface area contributed by atoms with Gasteiger partial charge in [-0.2, -0.15) is 0 Å². The lowest BCUT2D eigenvalue weighted by atomic mass is 10.2. The minimum atomic E-state index is -3.98. The van der Waals surface area contributed by atoms with Gasteiger partial charge in [-0.1, -0.05) is 0 Å². The Labute approximate surface area is 131 Å². The summed E-state index contributed by atoms with van der Waals surface area (Å²) in [4.78, 5) is 23.2. The van der Waals surface area contributed by atoms with Crippen LogP contribution in [0.4, 0.5) is 5.69 Å². The van der Waals surface area contributed by atoms with E-state index in [1.54, 1.807) is 0 Å². The molecule has 0 atom stereocenters. The third-order valence-electron chi connectivity index (χ3n) is 2.79. The van der Waals surface area contributed by atoms with Crippen molar-refractivity contribution in [3.63, 3.8) is 0 Å². The van der Waals surface area contributed by atoms with Crippen molar-refractivity contribution in [3.8, 4) is 5.75 Å². The molecule has 0 bridgehead atoms. The fraction of sp³-hybridized carbons (Fsp3) is 0.231. The van der Waals surface area contributed by atoms with Gasteiger partial charge >= 0.3 is 11.9 Å². The normalized spacial score (nSPS) is 17.3. The Bertz CT molecular complexity index is 790. The molecule has 1 aromatic rings. The van der Waals surface area contributed by atoms with Crippen molar-refractivity contribution >= 4 is 27.6 Å². The lowest BCUT2D eigenvalue weighted by Gasteiger charge is -2.29. The molecular formula is C13H14N2O7S. The van der Waals surface area contributed by atoms with Crippen molar-refractivity contribution in [1.29, 1.82) is 0 Å². The molecule has 1 saturated heterocycles. The van der Waals surface area contributed by atoms with Gasteiger partial charge in [0, 0.05) is 20.0 Å². The molecule has 10 heteroatoms. The number of hydrogen-bond donors (Lipinski definition) is 3. The van der Waals surface area contributed by atoms with Crippen LogP contribution in [0.5, 0.6) is 5.75 Å². The molecule has 2 rings (SSSR count). The van der Waals surface area contributed by atoms with Gasteiger partial charge in [0.2, 0.25) is 10.0 Å². The van der Waals surface area contributed by atoms with Crippen molar-refractivity contribution in [3.05, 3.63) is 30.0 Å². The number of rotatable bonds is 3. The molecule has 4 N–H and O–H groups in total. The van der Waals surface area contributed by atoms with Gasteiger partial charge in [0.25, 0.3) is 5.79 Å². The summed E-state index contributed by atoms with van der Waals surface area (Å²) in [7, 11) is -3.98. The summed E-state index contributed by atoms with van der Waals surface area (Å²) in [5.74, 6) is -3.52. The molecule has 1 aliphatic heterocycles. The number of ether oxygens (including phenoxy) is 2. The quantitative estimate of drug-likeness (QED) is 0.305. The molecule has 9 nitrogen and oxygen atoms in total. The molecular weight excluding hydrogens is 328 g/mol. The second-order valence-electron chi connectivity index (χ2n) is 5.11. The predicted molar refractivity (Wildman–Crippen MR) is 77.4 cm³/mol. The van der Waals surface area contributed by atoms with E-state index in [2.05, 4.69) is 5.32 Å². The largest absolute Gasteiger partial charge is 0.506 e. The zero-order valence-corrected chi connectivity index (χ0v) is 13.0. The van der Waals surface area contributed by atoms with Gasteiger partial charge in [-0.25, -0.2) is 23.1 Å². The first-order valence-electron chi connectivity index (χ1n) is 6.29. The van der Waals surface area contributed by atoms with Gasteiger partial charge in [-0.05, 0) is 18.2 Å². The molecule has 23 heavy (non-hydrogen) atoms. The molecule has 0 aromatic heterocycles. The average molecular weight is 342 g/mol. The Kier molecular flexibility index (Phi) is 4.05. The van der Waals surface area contributed by atoms with Crippen molar-refractivity contribution in [2.75, 3.05) is 5.32 Å². The number of carbonyl (C=O) groups is 2. The van der Waals surface area contributed by atoms with Crippen molar-refractivity contribution < 1.29 is 32.6 Å². The van der Waals surface area contributed by atoms with Gasteiger partial charge in [-0.15, -0.1) is 0 Å². The van der Waals surface area contributed by atoms with Gasteiger partial charge in [-0.3, -0.25) is 0 Å². The minimum Gasteiger partial charge on any atom is -0.506 e. The predicted octanol–water partition coefficient (Wildman–Crippen LogP) is 0.171. The van der Waals surface area contributed by atoms with Gasteiger partial charge in [0.05, 0.1) is 10.6 Å². The molecule has 1 aliphatic rings. The van der Waals surface area contributed by atoms with Crippen LogP contribution in [-0.2, 0) is 29.1 Å². The lowest BCUT2D eigenvalue weighted by molar-refractivity contribution is -0.222. The SMILES string of the molecule is CC1(C)OC(=O)C(=CNc2cc(S(N)(=O)=O)ccc2O)C(=O)O1. The van der Waals surface area contributed by atoms with Crippen LogP contribution >= 0.6 is 0 Å². The standard InChI is InChI=1S/C13H14N2O7S/c1-13(2)21-11(17)8(12(18)22-13)6-15-9-5-7(23(14,19)20)3-4-10(9)16/h3-6,15-16H,1-2H3,(H2,14,19,20). The maximum absolute atomic E-state index is 11.7. The number of benzene rings is 1. The van der Waals surface area contributed by atoms with Crippen LogP contribution < -0.4 is 10.5 Å². The number of hydrogen-bond acceptors (Lipinski definition) is 8. The van der Waals surface area contributed by atoms with E-state index < -0.39 is 33.3 Å². The van der Waals surface area contributed by atoms with Crippen LogP contribution in [0, 0.1) is 0 Å². The highest BCUT2D eigenvalue weighted by atomic mass is 32.2. The summed E-state index contributed by atoms with van der Waals surface area (Å²) >= 11 is 0. The van der Waals surface area contributed by atoms with Crippen molar-refractivity contribution in [2.45, 2.75) is 24.5 Å². The van der Waals surface area contributed by atoms with E-state index in [9.17, 15) is 23.1 Å². The number of phenolic OH excluding ortho intramolecular Hbond substituents is 1. The van der Waals surface area contributed by atoms with Crippen LogP contribution in [0.1, 0.15) is 13.8 Å². The average Bonchev–Trinajstić information content (AvgIpc) is 2.36. The topological polar surface area (TPSA) is 145 Å². The second-order valence-corrected chi connectivity index (χ2v) is 6.67. The second kappa shape index (κ2) is 5.56. The van der Waals surface area contributed by atoms with E-state index in [4.69, 9.17) is 14.6 Å². The van der Waals surface area contributed by atoms with Crippen LogP contribution in [0.25, 0.3) is 0 Å². The summed E-state index contributed by atoms with van der Waals surface area (Å²) in [5, 5.41) is 17.1. The maximum atomic E-state index is 11.7. The van der Waals surface area contributed by atoms with E-state index in [1.165, 1.54) is 13.8 Å². The number of nitrogens with one attached hydrogen (secondary N) is 1. The summed E-state index contributed by atoms with van der Waals surface area (Å²) in [6.07, 6.45) is 0.946. The third-order valence-corrected chi connectivity index (χ3v) is 3.70. The Hall–Kier alpha value is -2.59. The Morgan fingerprint density at radius 2 is 1.78 bits per heavy atom. The van der Waals surface area contributed by atoms with Crippen LogP contribution in [0.2, 0.25) is 0 Å². The molecule has 0 amide bonds. The molecule has 0 radical (unpaired) electrons. The number of anilines is 1. The van der Waals surface area contributed by atoms with Crippen LogP contribution in [-0.4, -0.2) is 31.3 Å². The minimum absolute atomic E-state index is 0.0746. The highest BCUT2D eigenvalue weighted by Gasteiger charge is 2.38. The molecule has 1 heterocycles. The van der Waals surface area contributed by atoms with E-state index in [1.807, 2.05) is 0 Å². The maximum Gasteiger partial charge on any atom is 0.350 e. The summed E-state index contributed by atoms with van der Waals surface area (Å²) < 4.78 is 32.3. The molecule has 1 aromatic carbocycles. The first-order chi connectivity index (χ1) is 10.5. The summed E-state index contributed by atoms with van der Waals surface area (Å²) in [5.41, 5.74) is -0.515. The number of sulfonamides is 1. The van der Waals surface area contributed by atoms with E-state index in [0.717, 1.165) is 24.4 Å². The number of primary sulfonamides is 1. The van der Waals surface area contributed by atoms with E-state index in [-0.39, 0.29) is 16.3 Å². The lowest BCUT2D eigenvalue weighted by Crippen LogP contribution is -2.42. The molecule has 0 unspecified atom stereocenters. The van der Waals surface area contributed by atoms with Crippen molar-refractivity contribution in [1.82, 2.24) is 0 Å². The highest BCUT2D eigenvalue weighted by Crippen LogP contribution is 2.27. The Balaban J connectivity index is 2.30. The molecule has 1 fully saturated rings. The zero-order valence-electron chi connectivity index (χ0n) is 12.2. The third kappa shape index (κ3) is 3.79. The highest BCUT2D eigenvalue weighted by molar-refractivity contribution is 7.89. The van der Waals surface area contributed by atoms with E-state index >= 15 is 0 Å². The Morgan fingerprint density at radius 1 is 1.22 bits per heavy atom. The summed E-state index contributed by atoms with van der Waals surface area (Å²) in [6, 6.07) is 3.25. The molecule has 0 saturated carbocycles. The number of nitrogens with two attached hydrogens (primary N) is 1. The molecule has 0 aliphatic carbocycles. The number of carbonyl (C=O) groups excluding carboxylic acids is 2. The molecule has 124 valence electrons. The first kappa shape index (κ1) is 16.8. The number of esters is 2. The van der Waals surface area contributed by atoms with E-state index in [0.29, 0.717) is 0 Å². The van der Waals surface area contributed by atoms with Gasteiger partial charge < -0.3 is 19.9 Å². The summed E-state index contributed by atoms with van der Waals surface area (Å²) in [6.45, 7) is 2.79. The fourth-order valence-electron chi connectivity index (χ4n) is 1.74. The fourth-order valence-corrected chi connectivity index (χ4v) is 2.28. The monoisotopic (exact) mass is 342 g/mol. The van der Waals surface area contributed by atoms with Gasteiger partial charge in [0.15, 0.2) is 5.57 Å². The number of aromatic hydroxyl groups is 1. The number of cyclic esters (lactones) is 2. The number of phenols is 1. The molecule has 0 spiro atoms.